The molecular weight excluding hydrogens is 232 g/mol. The summed E-state index contributed by atoms with van der Waals surface area (Å²) in [5.41, 5.74) is 1.09. The van der Waals surface area contributed by atoms with E-state index < -0.39 is 6.04 Å². The molecule has 2 N–H and O–H groups in total. The summed E-state index contributed by atoms with van der Waals surface area (Å²) in [6, 6.07) is -0.638. The maximum atomic E-state index is 11.9. The van der Waals surface area contributed by atoms with Crippen LogP contribution in [0.5, 0.6) is 0 Å². The summed E-state index contributed by atoms with van der Waals surface area (Å²) in [5, 5.41) is 5.34. The van der Waals surface area contributed by atoms with Crippen molar-refractivity contribution in [2.24, 2.45) is 0 Å². The van der Waals surface area contributed by atoms with Crippen molar-refractivity contribution < 1.29 is 14.3 Å². The van der Waals surface area contributed by atoms with Gasteiger partial charge in [0.05, 0.1) is 6.61 Å². The van der Waals surface area contributed by atoms with E-state index in [9.17, 15) is 9.59 Å². The van der Waals surface area contributed by atoms with Crippen LogP contribution in [0.2, 0.25) is 0 Å². The summed E-state index contributed by atoms with van der Waals surface area (Å²) in [5.74, 6) is -0.476. The Labute approximate surface area is 107 Å². The number of carbonyl (C=O) groups excluding carboxylic acids is 2. The van der Waals surface area contributed by atoms with E-state index in [0.29, 0.717) is 6.54 Å². The molecule has 1 aliphatic rings. The first-order chi connectivity index (χ1) is 8.63. The van der Waals surface area contributed by atoms with E-state index in [1.165, 1.54) is 14.0 Å². The van der Waals surface area contributed by atoms with Gasteiger partial charge in [-0.25, -0.2) is 0 Å². The molecule has 0 heterocycles. The van der Waals surface area contributed by atoms with Gasteiger partial charge in [0.2, 0.25) is 11.8 Å². The van der Waals surface area contributed by atoms with Crippen LogP contribution in [0.25, 0.3) is 0 Å². The smallest absolute Gasteiger partial charge is 0.245 e. The van der Waals surface area contributed by atoms with Crippen LogP contribution in [-0.4, -0.2) is 38.1 Å². The molecule has 5 nitrogen and oxygen atoms in total. The van der Waals surface area contributed by atoms with E-state index in [1.54, 1.807) is 0 Å². The van der Waals surface area contributed by atoms with Gasteiger partial charge in [-0.3, -0.25) is 9.59 Å². The summed E-state index contributed by atoms with van der Waals surface area (Å²) in [4.78, 5) is 22.8. The minimum Gasteiger partial charge on any atom is -0.382 e. The Hall–Kier alpha value is -1.62. The monoisotopic (exact) mass is 252 g/mol. The van der Waals surface area contributed by atoms with E-state index >= 15 is 0 Å². The molecule has 0 spiro atoms. The zero-order valence-electron chi connectivity index (χ0n) is 10.9. The van der Waals surface area contributed by atoms with Gasteiger partial charge >= 0.3 is 0 Å². The number of ether oxygens (including phenoxy) is 1. The lowest BCUT2D eigenvalue weighted by Crippen LogP contribution is -2.49. The number of amides is 2. The van der Waals surface area contributed by atoms with Crippen LogP contribution in [0.4, 0.5) is 0 Å². The molecule has 1 atom stereocenters. The number of allylic oxidation sites excluding steroid dienone is 2. The van der Waals surface area contributed by atoms with Gasteiger partial charge in [0.25, 0.3) is 0 Å². The number of methoxy groups -OCH3 is 1. The molecule has 18 heavy (non-hydrogen) atoms. The molecule has 100 valence electrons. The van der Waals surface area contributed by atoms with Gasteiger partial charge in [-0.05, 0) is 18.4 Å². The number of carbonyl (C=O) groups is 2. The highest BCUT2D eigenvalue weighted by Gasteiger charge is 2.18. The average Bonchev–Trinajstić information content (AvgIpc) is 2.36. The highest BCUT2D eigenvalue weighted by atomic mass is 16.5. The number of hydrogen-bond acceptors (Lipinski definition) is 3. The van der Waals surface area contributed by atoms with Crippen molar-refractivity contribution in [3.8, 4) is 0 Å². The molecule has 0 radical (unpaired) electrons. The third-order valence-corrected chi connectivity index (χ3v) is 2.57. The fourth-order valence-corrected chi connectivity index (χ4v) is 1.71. The Balaban J connectivity index is 2.42. The van der Waals surface area contributed by atoms with E-state index in [2.05, 4.69) is 22.8 Å². The first kappa shape index (κ1) is 14.4. The summed E-state index contributed by atoms with van der Waals surface area (Å²) in [6.45, 7) is 2.03. The first-order valence-corrected chi connectivity index (χ1v) is 6.03. The molecule has 0 aromatic rings. The molecule has 0 aliphatic heterocycles. The maximum absolute atomic E-state index is 11.9. The Morgan fingerprint density at radius 1 is 1.44 bits per heavy atom. The lowest BCUT2D eigenvalue weighted by molar-refractivity contribution is -0.129. The predicted molar refractivity (Wildman–Crippen MR) is 68.9 cm³/mol. The van der Waals surface area contributed by atoms with E-state index in [0.717, 1.165) is 18.4 Å². The van der Waals surface area contributed by atoms with Crippen molar-refractivity contribution in [2.75, 3.05) is 20.3 Å². The quantitative estimate of drug-likeness (QED) is 0.724. The highest BCUT2D eigenvalue weighted by molar-refractivity contribution is 5.87. The van der Waals surface area contributed by atoms with Gasteiger partial charge in [0.15, 0.2) is 0 Å². The van der Waals surface area contributed by atoms with Crippen molar-refractivity contribution in [1.29, 1.82) is 0 Å². The molecule has 2 amide bonds. The third kappa shape index (κ3) is 5.14. The summed E-state index contributed by atoms with van der Waals surface area (Å²) in [6.07, 6.45) is 8.25. The Bertz CT molecular complexity index is 361. The van der Waals surface area contributed by atoms with Crippen LogP contribution in [-0.2, 0) is 14.3 Å². The van der Waals surface area contributed by atoms with Gasteiger partial charge in [0, 0.05) is 20.6 Å². The van der Waals surface area contributed by atoms with Crippen LogP contribution in [0, 0.1) is 0 Å². The number of nitrogens with one attached hydrogen (secondary N) is 2. The zero-order valence-corrected chi connectivity index (χ0v) is 10.9. The first-order valence-electron chi connectivity index (χ1n) is 6.03. The zero-order chi connectivity index (χ0) is 13.4. The molecule has 0 aromatic carbocycles. The second-order valence-corrected chi connectivity index (χ2v) is 4.19. The van der Waals surface area contributed by atoms with Crippen molar-refractivity contribution in [3.63, 3.8) is 0 Å². The minimum absolute atomic E-state index is 0.167. The molecule has 0 bridgehead atoms. The van der Waals surface area contributed by atoms with Crippen LogP contribution >= 0.6 is 0 Å². The molecule has 0 saturated heterocycles. The average molecular weight is 252 g/mol. The van der Waals surface area contributed by atoms with Gasteiger partial charge in [-0.15, -0.1) is 0 Å². The standard InChI is InChI=1S/C13H20N2O3/c1-10(16)15-12(9-18-2)13(17)14-8-11-6-4-3-5-7-11/h4,6-7,12H,3,5,8-9H2,1-2H3,(H,14,17)(H,15,16). The third-order valence-electron chi connectivity index (χ3n) is 2.57. The Morgan fingerprint density at radius 3 is 2.78 bits per heavy atom. The van der Waals surface area contributed by atoms with Gasteiger partial charge in [-0.2, -0.15) is 0 Å². The lowest BCUT2D eigenvalue weighted by atomic mass is 10.1. The number of rotatable bonds is 6. The second-order valence-electron chi connectivity index (χ2n) is 4.19. The summed E-state index contributed by atoms with van der Waals surface area (Å²) < 4.78 is 4.91. The van der Waals surface area contributed by atoms with Gasteiger partial charge in [-0.1, -0.05) is 18.2 Å². The van der Waals surface area contributed by atoms with Crippen molar-refractivity contribution in [2.45, 2.75) is 25.8 Å². The predicted octanol–water partition coefficient (Wildman–Crippen LogP) is 0.530. The maximum Gasteiger partial charge on any atom is 0.245 e. The second kappa shape index (κ2) is 7.66. The van der Waals surface area contributed by atoms with Crippen LogP contribution in [0.1, 0.15) is 19.8 Å². The molecule has 1 aliphatic carbocycles. The van der Waals surface area contributed by atoms with Gasteiger partial charge < -0.3 is 15.4 Å². The van der Waals surface area contributed by atoms with Crippen LogP contribution < -0.4 is 10.6 Å². The van der Waals surface area contributed by atoms with Crippen LogP contribution in [0.15, 0.2) is 23.8 Å². The normalized spacial score (nSPS) is 15.8. The van der Waals surface area contributed by atoms with Crippen LogP contribution in [0.3, 0.4) is 0 Å². The molecular formula is C13H20N2O3. The van der Waals surface area contributed by atoms with Crippen molar-refractivity contribution in [1.82, 2.24) is 10.6 Å². The molecule has 5 heteroatoms. The molecule has 0 fully saturated rings. The van der Waals surface area contributed by atoms with E-state index in [4.69, 9.17) is 4.74 Å². The van der Waals surface area contributed by atoms with Gasteiger partial charge in [0.1, 0.15) is 6.04 Å². The Kier molecular flexibility index (Phi) is 6.14. The summed E-state index contributed by atoms with van der Waals surface area (Å²) >= 11 is 0. The lowest BCUT2D eigenvalue weighted by Gasteiger charge is -2.17. The minimum atomic E-state index is -0.638. The molecule has 1 rings (SSSR count). The fraction of sp³-hybridized carbons (Fsp3) is 0.538. The van der Waals surface area contributed by atoms with E-state index in [-0.39, 0.29) is 18.4 Å². The summed E-state index contributed by atoms with van der Waals surface area (Å²) in [7, 11) is 1.49. The van der Waals surface area contributed by atoms with E-state index in [1.807, 2.05) is 6.08 Å². The largest absolute Gasteiger partial charge is 0.382 e. The topological polar surface area (TPSA) is 67.4 Å². The SMILES string of the molecule is COCC(NC(C)=O)C(=O)NCC1=CCCC=C1. The van der Waals surface area contributed by atoms with Crippen molar-refractivity contribution >= 4 is 11.8 Å². The highest BCUT2D eigenvalue weighted by Crippen LogP contribution is 2.08. The van der Waals surface area contributed by atoms with Crippen molar-refractivity contribution in [3.05, 3.63) is 23.8 Å². The number of hydrogen-bond donors (Lipinski definition) is 2. The Morgan fingerprint density at radius 2 is 2.22 bits per heavy atom. The molecule has 0 aromatic heterocycles. The fourth-order valence-electron chi connectivity index (χ4n) is 1.71. The molecule has 0 saturated carbocycles. The molecule has 1 unspecified atom stereocenters.